The average Bonchev–Trinajstić information content (AvgIpc) is 3.95. The lowest BCUT2D eigenvalue weighted by atomic mass is 10.00. The number of rotatable bonds is 3. The first-order chi connectivity index (χ1) is 25.8. The monoisotopic (exact) mass is 680 g/mol. The Balaban J connectivity index is 1.15. The Morgan fingerprint density at radius 2 is 1.00 bits per heavy atom. The van der Waals surface area contributed by atoms with Crippen molar-refractivity contribution in [2.75, 3.05) is 0 Å². The molecule has 0 amide bonds. The first kappa shape index (κ1) is 28.1. The lowest BCUT2D eigenvalue weighted by molar-refractivity contribution is 0.671. The number of hydrogen-bond acceptors (Lipinski definition) is 2. The Kier molecular flexibility index (Phi) is 5.65. The number of nitrogens with zero attached hydrogens (tertiary/aromatic N) is 2. The zero-order chi connectivity index (χ0) is 33.9. The lowest BCUT2D eigenvalue weighted by Crippen LogP contribution is -1.93. The van der Waals surface area contributed by atoms with Crippen LogP contribution in [0.15, 0.2) is 174 Å². The van der Waals surface area contributed by atoms with E-state index in [4.69, 9.17) is 4.42 Å². The van der Waals surface area contributed by atoms with Crippen LogP contribution in [0.25, 0.3) is 108 Å². The second kappa shape index (κ2) is 10.5. The molecule has 0 spiro atoms. The van der Waals surface area contributed by atoms with E-state index in [2.05, 4.69) is 173 Å². The summed E-state index contributed by atoms with van der Waals surface area (Å²) >= 11 is 1.90. The highest BCUT2D eigenvalue weighted by Crippen LogP contribution is 2.45. The molecule has 0 saturated heterocycles. The molecule has 12 aromatic rings. The molecule has 0 atom stereocenters. The molecular weight excluding hydrogens is 653 g/mol. The van der Waals surface area contributed by atoms with Crippen molar-refractivity contribution in [1.29, 1.82) is 0 Å². The van der Waals surface area contributed by atoms with E-state index in [1.54, 1.807) is 0 Å². The van der Waals surface area contributed by atoms with Gasteiger partial charge >= 0.3 is 0 Å². The molecule has 52 heavy (non-hydrogen) atoms. The normalized spacial score (nSPS) is 12.2. The van der Waals surface area contributed by atoms with Crippen molar-refractivity contribution in [1.82, 2.24) is 9.13 Å². The summed E-state index contributed by atoms with van der Waals surface area (Å²) in [5, 5.41) is 9.88. The fourth-order valence-electron chi connectivity index (χ4n) is 8.63. The van der Waals surface area contributed by atoms with Crippen LogP contribution < -0.4 is 0 Å². The van der Waals surface area contributed by atoms with Crippen LogP contribution in [0.1, 0.15) is 0 Å². The zero-order valence-electron chi connectivity index (χ0n) is 27.9. The lowest BCUT2D eigenvalue weighted by Gasteiger charge is -2.09. The quantitative estimate of drug-likeness (QED) is 0.182. The summed E-state index contributed by atoms with van der Waals surface area (Å²) in [7, 11) is 0. The minimum atomic E-state index is 0.909. The van der Waals surface area contributed by atoms with Gasteiger partial charge in [-0.25, -0.2) is 0 Å². The summed E-state index contributed by atoms with van der Waals surface area (Å²) in [6, 6.07) is 61.6. The van der Waals surface area contributed by atoms with Crippen molar-refractivity contribution in [2.45, 2.75) is 0 Å². The summed E-state index contributed by atoms with van der Waals surface area (Å²) < 4.78 is 14.1. The molecule has 12 rings (SSSR count). The number of aromatic nitrogens is 2. The number of benzene rings is 8. The fourth-order valence-corrected chi connectivity index (χ4v) is 9.89. The molecule has 0 aliphatic rings. The highest BCUT2D eigenvalue weighted by molar-refractivity contribution is 7.26. The van der Waals surface area contributed by atoms with Gasteiger partial charge in [-0.3, -0.25) is 0 Å². The van der Waals surface area contributed by atoms with E-state index in [-0.39, 0.29) is 0 Å². The molecule has 0 N–H and O–H groups in total. The van der Waals surface area contributed by atoms with E-state index < -0.39 is 0 Å². The van der Waals surface area contributed by atoms with Crippen molar-refractivity contribution in [3.8, 4) is 22.5 Å². The second-order valence-electron chi connectivity index (χ2n) is 13.7. The smallest absolute Gasteiger partial charge is 0.160 e. The van der Waals surface area contributed by atoms with Gasteiger partial charge in [0.05, 0.1) is 22.1 Å². The topological polar surface area (TPSA) is 23.0 Å². The maximum absolute atomic E-state index is 6.63. The maximum atomic E-state index is 6.63. The van der Waals surface area contributed by atoms with Gasteiger partial charge in [-0.05, 0) is 83.9 Å². The van der Waals surface area contributed by atoms with Crippen LogP contribution in [-0.2, 0) is 0 Å². The van der Waals surface area contributed by atoms with E-state index in [0.29, 0.717) is 0 Å². The van der Waals surface area contributed by atoms with E-state index in [1.807, 2.05) is 17.4 Å². The summed E-state index contributed by atoms with van der Waals surface area (Å²) in [6.45, 7) is 0. The molecule has 242 valence electrons. The van der Waals surface area contributed by atoms with Crippen LogP contribution in [0.2, 0.25) is 0 Å². The molecule has 3 nitrogen and oxygen atoms in total. The van der Waals surface area contributed by atoms with Gasteiger partial charge in [0.25, 0.3) is 0 Å². The highest BCUT2D eigenvalue weighted by atomic mass is 32.1. The van der Waals surface area contributed by atoms with Gasteiger partial charge in [-0.2, -0.15) is 0 Å². The molecule has 0 unspecified atom stereocenters. The van der Waals surface area contributed by atoms with Crippen LogP contribution in [0, 0.1) is 0 Å². The van der Waals surface area contributed by atoms with Gasteiger partial charge in [0, 0.05) is 63.9 Å². The van der Waals surface area contributed by atoms with Gasteiger partial charge in [0.2, 0.25) is 0 Å². The SMILES string of the molecule is c1ccc(-n2c3ccc(-c4ccc5c(c4)c4ccc6c7ccccc7oc6c4n5-c4ccccc4)cc3c3c4sc5ccccc5c4ccc32)cc1. The molecule has 8 aromatic carbocycles. The standard InChI is InChI=1S/C48H28N2OS/c1-3-11-31(12-4-1)49-41-25-20-30(28-39(41)45-42(49)26-23-37-34-16-8-10-18-44(34)52-48(37)45)29-19-24-40-38(27-29)35-21-22-36-33-15-7-9-17-43(33)51-47(36)46(35)50(40)32-13-5-2-6-14-32/h1-28H. The van der Waals surface area contributed by atoms with Gasteiger partial charge in [0.15, 0.2) is 5.58 Å². The third-order valence-corrected chi connectivity index (χ3v) is 12.1. The van der Waals surface area contributed by atoms with E-state index in [1.165, 1.54) is 69.6 Å². The number of hydrogen-bond donors (Lipinski definition) is 0. The van der Waals surface area contributed by atoms with E-state index in [0.717, 1.165) is 38.7 Å². The van der Waals surface area contributed by atoms with Crippen molar-refractivity contribution in [2.24, 2.45) is 0 Å². The van der Waals surface area contributed by atoms with Crippen molar-refractivity contribution in [3.05, 3.63) is 170 Å². The number of fused-ring (bicyclic) bond motifs is 14. The number of para-hydroxylation sites is 3. The third-order valence-electron chi connectivity index (χ3n) is 10.9. The van der Waals surface area contributed by atoms with E-state index >= 15 is 0 Å². The Morgan fingerprint density at radius 3 is 1.79 bits per heavy atom. The predicted molar refractivity (Wildman–Crippen MR) is 221 cm³/mol. The summed E-state index contributed by atoms with van der Waals surface area (Å²) in [5.41, 5.74) is 11.2. The first-order valence-electron chi connectivity index (χ1n) is 17.7. The van der Waals surface area contributed by atoms with Crippen molar-refractivity contribution in [3.63, 3.8) is 0 Å². The minimum absolute atomic E-state index is 0.909. The largest absolute Gasteiger partial charge is 0.454 e. The van der Waals surface area contributed by atoms with Gasteiger partial charge in [0.1, 0.15) is 5.58 Å². The number of furan rings is 1. The van der Waals surface area contributed by atoms with Crippen LogP contribution in [-0.4, -0.2) is 9.13 Å². The fraction of sp³-hybridized carbons (Fsp3) is 0. The molecule has 4 aromatic heterocycles. The molecule has 0 aliphatic heterocycles. The molecule has 0 radical (unpaired) electrons. The Bertz CT molecular complexity index is 3400. The van der Waals surface area contributed by atoms with Crippen LogP contribution in [0.5, 0.6) is 0 Å². The first-order valence-corrected chi connectivity index (χ1v) is 18.5. The van der Waals surface area contributed by atoms with Gasteiger partial charge in [-0.15, -0.1) is 11.3 Å². The maximum Gasteiger partial charge on any atom is 0.160 e. The van der Waals surface area contributed by atoms with Gasteiger partial charge in [-0.1, -0.05) is 97.1 Å². The molecule has 0 fully saturated rings. The van der Waals surface area contributed by atoms with Crippen LogP contribution in [0.3, 0.4) is 0 Å². The van der Waals surface area contributed by atoms with E-state index in [9.17, 15) is 0 Å². The molecule has 4 heterocycles. The van der Waals surface area contributed by atoms with Gasteiger partial charge < -0.3 is 13.6 Å². The van der Waals surface area contributed by atoms with Crippen LogP contribution in [0.4, 0.5) is 0 Å². The highest BCUT2D eigenvalue weighted by Gasteiger charge is 2.21. The Morgan fingerprint density at radius 1 is 0.404 bits per heavy atom. The summed E-state index contributed by atoms with van der Waals surface area (Å²) in [5.74, 6) is 0. The van der Waals surface area contributed by atoms with Crippen molar-refractivity contribution < 1.29 is 4.42 Å². The average molecular weight is 681 g/mol. The van der Waals surface area contributed by atoms with Crippen LogP contribution >= 0.6 is 11.3 Å². The summed E-state index contributed by atoms with van der Waals surface area (Å²) in [6.07, 6.45) is 0. The molecule has 0 bridgehead atoms. The molecule has 4 heteroatoms. The molecule has 0 aliphatic carbocycles. The zero-order valence-corrected chi connectivity index (χ0v) is 28.7. The molecular formula is C48H28N2OS. The summed E-state index contributed by atoms with van der Waals surface area (Å²) in [4.78, 5) is 0. The Labute approximate surface area is 301 Å². The third kappa shape index (κ3) is 3.79. The second-order valence-corrected chi connectivity index (χ2v) is 14.7. The Hall–Kier alpha value is -6.62. The molecule has 0 saturated carbocycles. The predicted octanol–water partition coefficient (Wildman–Crippen LogP) is 13.8. The minimum Gasteiger partial charge on any atom is -0.454 e. The number of thiophene rings is 1. The van der Waals surface area contributed by atoms with Crippen molar-refractivity contribution >= 4 is 97.1 Å².